The van der Waals surface area contributed by atoms with Crippen molar-refractivity contribution in [2.24, 2.45) is 0 Å². The number of unbranched alkanes of at least 4 members (excludes halogenated alkanes) is 13. The quantitative estimate of drug-likeness (QED) is 0.321. The van der Waals surface area contributed by atoms with Crippen molar-refractivity contribution in [3.05, 3.63) is 0 Å². The van der Waals surface area contributed by atoms with Crippen molar-refractivity contribution in [1.29, 1.82) is 0 Å². The normalized spacial score (nSPS) is 10.9. The van der Waals surface area contributed by atoms with Crippen molar-refractivity contribution in [2.75, 3.05) is 11.5 Å². The molecule has 3 heteroatoms. The first-order valence-corrected chi connectivity index (χ1v) is 10.2. The standard InChI is InChI=1S/C18H36O2S/c1-2-3-4-5-6-7-8-9-10-11-12-13-14-15-16-21-17-18(19)20/h2-17H2,1H3,(H,19,20). The summed E-state index contributed by atoms with van der Waals surface area (Å²) in [6, 6.07) is 0. The molecule has 0 saturated heterocycles. The van der Waals surface area contributed by atoms with Gasteiger partial charge in [0.05, 0.1) is 5.75 Å². The van der Waals surface area contributed by atoms with Gasteiger partial charge in [0, 0.05) is 0 Å². The van der Waals surface area contributed by atoms with Crippen LogP contribution < -0.4 is 0 Å². The lowest BCUT2D eigenvalue weighted by atomic mass is 10.0. The van der Waals surface area contributed by atoms with Crippen LogP contribution in [0, 0.1) is 0 Å². The molecule has 0 rings (SSSR count). The van der Waals surface area contributed by atoms with Gasteiger partial charge >= 0.3 is 5.97 Å². The number of carboxylic acids is 1. The summed E-state index contributed by atoms with van der Waals surface area (Å²) in [6.07, 6.45) is 19.3. The topological polar surface area (TPSA) is 37.3 Å². The van der Waals surface area contributed by atoms with E-state index in [1.807, 2.05) is 0 Å². The third kappa shape index (κ3) is 19.8. The Balaban J connectivity index is 2.95. The fourth-order valence-corrected chi connectivity index (χ4v) is 3.29. The van der Waals surface area contributed by atoms with E-state index >= 15 is 0 Å². The number of rotatable bonds is 17. The lowest BCUT2D eigenvalue weighted by Crippen LogP contribution is -1.98. The molecule has 0 aliphatic carbocycles. The van der Waals surface area contributed by atoms with Crippen LogP contribution >= 0.6 is 11.8 Å². The Morgan fingerprint density at radius 3 is 1.48 bits per heavy atom. The highest BCUT2D eigenvalue weighted by molar-refractivity contribution is 7.99. The average molecular weight is 317 g/mol. The van der Waals surface area contributed by atoms with Crippen LogP contribution in [-0.2, 0) is 4.79 Å². The highest BCUT2D eigenvalue weighted by Gasteiger charge is 1.97. The van der Waals surface area contributed by atoms with Gasteiger partial charge in [-0.1, -0.05) is 90.4 Å². The molecule has 126 valence electrons. The van der Waals surface area contributed by atoms with Crippen LogP contribution in [0.5, 0.6) is 0 Å². The van der Waals surface area contributed by atoms with Gasteiger partial charge in [0.15, 0.2) is 0 Å². The average Bonchev–Trinajstić information content (AvgIpc) is 2.46. The Morgan fingerprint density at radius 1 is 0.714 bits per heavy atom. The molecule has 0 atom stereocenters. The van der Waals surface area contributed by atoms with Crippen LogP contribution in [0.3, 0.4) is 0 Å². The molecule has 0 heterocycles. The molecule has 0 radical (unpaired) electrons. The number of aliphatic carboxylic acids is 1. The van der Waals surface area contributed by atoms with Gasteiger partial charge in [0.25, 0.3) is 0 Å². The van der Waals surface area contributed by atoms with E-state index in [4.69, 9.17) is 5.11 Å². The minimum atomic E-state index is -0.689. The monoisotopic (exact) mass is 316 g/mol. The van der Waals surface area contributed by atoms with Gasteiger partial charge in [0.1, 0.15) is 0 Å². The van der Waals surface area contributed by atoms with E-state index in [-0.39, 0.29) is 5.75 Å². The number of hydrogen-bond donors (Lipinski definition) is 1. The summed E-state index contributed by atoms with van der Waals surface area (Å²) in [4.78, 5) is 10.3. The van der Waals surface area contributed by atoms with Crippen molar-refractivity contribution in [3.63, 3.8) is 0 Å². The molecule has 0 amide bonds. The van der Waals surface area contributed by atoms with Crippen LogP contribution in [0.2, 0.25) is 0 Å². The van der Waals surface area contributed by atoms with Gasteiger partial charge in [-0.25, -0.2) is 0 Å². The molecule has 0 bridgehead atoms. The molecule has 0 unspecified atom stereocenters. The molecule has 0 aliphatic rings. The van der Waals surface area contributed by atoms with E-state index in [1.165, 1.54) is 89.9 Å². The molecule has 0 fully saturated rings. The zero-order chi connectivity index (χ0) is 15.6. The van der Waals surface area contributed by atoms with Crippen molar-refractivity contribution in [1.82, 2.24) is 0 Å². The maximum absolute atomic E-state index is 10.3. The van der Waals surface area contributed by atoms with Gasteiger partial charge in [-0.05, 0) is 12.2 Å². The fraction of sp³-hybridized carbons (Fsp3) is 0.944. The predicted octanol–water partition coefficient (Wildman–Crippen LogP) is 6.29. The zero-order valence-electron chi connectivity index (χ0n) is 14.1. The third-order valence-corrected chi connectivity index (χ3v) is 4.90. The maximum Gasteiger partial charge on any atom is 0.313 e. The summed E-state index contributed by atoms with van der Waals surface area (Å²) in [5, 5.41) is 8.51. The molecular weight excluding hydrogens is 280 g/mol. The first kappa shape index (κ1) is 20.8. The number of carboxylic acid groups (broad SMARTS) is 1. The minimum Gasteiger partial charge on any atom is -0.481 e. The molecule has 0 aliphatic heterocycles. The molecule has 21 heavy (non-hydrogen) atoms. The molecule has 1 N–H and O–H groups in total. The Kier molecular flexibility index (Phi) is 17.7. The second kappa shape index (κ2) is 17.9. The molecule has 0 spiro atoms. The van der Waals surface area contributed by atoms with Crippen molar-refractivity contribution in [3.8, 4) is 0 Å². The first-order valence-electron chi connectivity index (χ1n) is 9.07. The molecule has 0 aromatic heterocycles. The fourth-order valence-electron chi connectivity index (χ4n) is 2.56. The van der Waals surface area contributed by atoms with Crippen LogP contribution in [0.25, 0.3) is 0 Å². The zero-order valence-corrected chi connectivity index (χ0v) is 14.9. The van der Waals surface area contributed by atoms with E-state index in [1.54, 1.807) is 11.8 Å². The smallest absolute Gasteiger partial charge is 0.313 e. The van der Waals surface area contributed by atoms with E-state index < -0.39 is 5.97 Å². The second-order valence-electron chi connectivity index (χ2n) is 6.04. The first-order chi connectivity index (χ1) is 10.3. The van der Waals surface area contributed by atoms with Crippen LogP contribution in [0.4, 0.5) is 0 Å². The Labute approximate surface area is 136 Å². The largest absolute Gasteiger partial charge is 0.481 e. The second-order valence-corrected chi connectivity index (χ2v) is 7.15. The Morgan fingerprint density at radius 2 is 1.10 bits per heavy atom. The van der Waals surface area contributed by atoms with E-state index in [0.29, 0.717) is 0 Å². The third-order valence-electron chi connectivity index (χ3n) is 3.87. The summed E-state index contributed by atoms with van der Waals surface area (Å²) in [6.45, 7) is 2.27. The van der Waals surface area contributed by atoms with Crippen LogP contribution in [0.15, 0.2) is 0 Å². The maximum atomic E-state index is 10.3. The molecule has 2 nitrogen and oxygen atoms in total. The Hall–Kier alpha value is -0.180. The lowest BCUT2D eigenvalue weighted by Gasteiger charge is -2.03. The highest BCUT2D eigenvalue weighted by atomic mass is 32.2. The van der Waals surface area contributed by atoms with Crippen molar-refractivity contribution < 1.29 is 9.90 Å². The highest BCUT2D eigenvalue weighted by Crippen LogP contribution is 2.13. The molecular formula is C18H36O2S. The van der Waals surface area contributed by atoms with Gasteiger partial charge in [-0.2, -0.15) is 11.8 Å². The van der Waals surface area contributed by atoms with Gasteiger partial charge in [-0.15, -0.1) is 0 Å². The van der Waals surface area contributed by atoms with E-state index in [0.717, 1.165) is 5.75 Å². The summed E-state index contributed by atoms with van der Waals surface area (Å²) >= 11 is 1.55. The SMILES string of the molecule is CCCCCCCCCCCCCCCCSCC(=O)O. The predicted molar refractivity (Wildman–Crippen MR) is 95.3 cm³/mol. The molecule has 0 saturated carbocycles. The number of thioether (sulfide) groups is 1. The van der Waals surface area contributed by atoms with E-state index in [9.17, 15) is 4.79 Å². The summed E-state index contributed by atoms with van der Waals surface area (Å²) in [7, 11) is 0. The van der Waals surface area contributed by atoms with Crippen molar-refractivity contribution >= 4 is 17.7 Å². The number of carbonyl (C=O) groups is 1. The summed E-state index contributed by atoms with van der Waals surface area (Å²) in [5.41, 5.74) is 0. The minimum absolute atomic E-state index is 0.262. The molecule has 0 aromatic rings. The Bertz CT molecular complexity index is 219. The van der Waals surface area contributed by atoms with Gasteiger partial charge in [-0.3, -0.25) is 4.79 Å². The summed E-state index contributed by atoms with van der Waals surface area (Å²) in [5.74, 6) is 0.577. The van der Waals surface area contributed by atoms with Gasteiger partial charge in [0.2, 0.25) is 0 Å². The van der Waals surface area contributed by atoms with Crippen LogP contribution in [-0.4, -0.2) is 22.6 Å². The van der Waals surface area contributed by atoms with Crippen molar-refractivity contribution in [2.45, 2.75) is 96.8 Å². The lowest BCUT2D eigenvalue weighted by molar-refractivity contribution is -0.133. The molecule has 0 aromatic carbocycles. The van der Waals surface area contributed by atoms with E-state index in [2.05, 4.69) is 6.92 Å². The number of hydrogen-bond acceptors (Lipinski definition) is 2. The van der Waals surface area contributed by atoms with Crippen LogP contribution in [0.1, 0.15) is 96.8 Å². The summed E-state index contributed by atoms with van der Waals surface area (Å²) < 4.78 is 0. The van der Waals surface area contributed by atoms with Gasteiger partial charge < -0.3 is 5.11 Å².